The van der Waals surface area contributed by atoms with Crippen LogP contribution in [0.25, 0.3) is 0 Å². The Morgan fingerprint density at radius 3 is 2.67 bits per heavy atom. The van der Waals surface area contributed by atoms with Crippen LogP contribution in [0.4, 0.5) is 5.69 Å². The zero-order valence-corrected chi connectivity index (χ0v) is 9.13. The largest absolute Gasteiger partial charge is 0.314 e. The summed E-state index contributed by atoms with van der Waals surface area (Å²) in [5, 5.41) is 3.89. The molecule has 1 aliphatic heterocycles. The molecule has 0 aliphatic carbocycles. The van der Waals surface area contributed by atoms with E-state index in [0.717, 1.165) is 25.3 Å². The van der Waals surface area contributed by atoms with Gasteiger partial charge in [-0.05, 0) is 24.3 Å². The monoisotopic (exact) mass is 224 g/mol. The number of amides is 1. The van der Waals surface area contributed by atoms with E-state index in [-0.39, 0.29) is 5.91 Å². The molecule has 0 saturated carbocycles. The quantitative estimate of drug-likeness (QED) is 0.787. The SMILES string of the molecule is O=C1CCNCCN1c1ccc(Cl)cc1. The van der Waals surface area contributed by atoms with Crippen LogP contribution >= 0.6 is 11.6 Å². The maximum Gasteiger partial charge on any atom is 0.228 e. The molecule has 0 atom stereocenters. The molecular formula is C11H13ClN2O. The molecule has 4 heteroatoms. The van der Waals surface area contributed by atoms with Gasteiger partial charge in [0.25, 0.3) is 0 Å². The minimum absolute atomic E-state index is 0.169. The zero-order valence-electron chi connectivity index (χ0n) is 8.37. The molecule has 0 bridgehead atoms. The van der Waals surface area contributed by atoms with E-state index in [2.05, 4.69) is 5.32 Å². The van der Waals surface area contributed by atoms with Crippen molar-refractivity contribution >= 4 is 23.2 Å². The molecule has 1 aromatic carbocycles. The topological polar surface area (TPSA) is 32.3 Å². The number of rotatable bonds is 1. The highest BCUT2D eigenvalue weighted by molar-refractivity contribution is 6.30. The van der Waals surface area contributed by atoms with Gasteiger partial charge in [0.1, 0.15) is 0 Å². The van der Waals surface area contributed by atoms with E-state index in [9.17, 15) is 4.79 Å². The highest BCUT2D eigenvalue weighted by Gasteiger charge is 2.17. The van der Waals surface area contributed by atoms with Gasteiger partial charge < -0.3 is 10.2 Å². The molecule has 1 N–H and O–H groups in total. The number of halogens is 1. The van der Waals surface area contributed by atoms with E-state index >= 15 is 0 Å². The third-order valence-electron chi connectivity index (χ3n) is 2.47. The van der Waals surface area contributed by atoms with Crippen molar-refractivity contribution in [2.75, 3.05) is 24.5 Å². The van der Waals surface area contributed by atoms with Crippen molar-refractivity contribution in [3.05, 3.63) is 29.3 Å². The van der Waals surface area contributed by atoms with Crippen molar-refractivity contribution in [3.63, 3.8) is 0 Å². The molecule has 1 aliphatic rings. The summed E-state index contributed by atoms with van der Waals surface area (Å²) in [5.41, 5.74) is 0.924. The number of anilines is 1. The van der Waals surface area contributed by atoms with Crippen LogP contribution < -0.4 is 10.2 Å². The maximum atomic E-state index is 11.8. The Hall–Kier alpha value is -1.06. The van der Waals surface area contributed by atoms with Crippen molar-refractivity contribution < 1.29 is 4.79 Å². The summed E-state index contributed by atoms with van der Waals surface area (Å²) in [6.45, 7) is 2.33. The second kappa shape index (κ2) is 4.64. The van der Waals surface area contributed by atoms with Gasteiger partial charge in [-0.1, -0.05) is 11.6 Å². The third kappa shape index (κ3) is 2.49. The summed E-state index contributed by atoms with van der Waals surface area (Å²) in [6, 6.07) is 7.38. The van der Waals surface area contributed by atoms with E-state index < -0.39 is 0 Å². The Labute approximate surface area is 94.0 Å². The van der Waals surface area contributed by atoms with Crippen molar-refractivity contribution in [1.82, 2.24) is 5.32 Å². The fourth-order valence-electron chi connectivity index (χ4n) is 1.66. The summed E-state index contributed by atoms with van der Waals surface area (Å²) < 4.78 is 0. The predicted octanol–water partition coefficient (Wildman–Crippen LogP) is 1.67. The van der Waals surface area contributed by atoms with Crippen molar-refractivity contribution in [1.29, 1.82) is 0 Å². The zero-order chi connectivity index (χ0) is 10.7. The number of carbonyl (C=O) groups is 1. The lowest BCUT2D eigenvalue weighted by atomic mass is 10.2. The van der Waals surface area contributed by atoms with Gasteiger partial charge in [0.2, 0.25) is 5.91 Å². The Kier molecular flexibility index (Phi) is 3.23. The highest BCUT2D eigenvalue weighted by Crippen LogP contribution is 2.19. The van der Waals surface area contributed by atoms with Crippen LogP contribution in [0.15, 0.2) is 24.3 Å². The van der Waals surface area contributed by atoms with Gasteiger partial charge in [0, 0.05) is 36.8 Å². The fraction of sp³-hybridized carbons (Fsp3) is 0.364. The molecule has 0 radical (unpaired) electrons. The van der Waals surface area contributed by atoms with Crippen LogP contribution in [0.1, 0.15) is 6.42 Å². The Morgan fingerprint density at radius 1 is 1.20 bits per heavy atom. The summed E-state index contributed by atoms with van der Waals surface area (Å²) >= 11 is 5.80. The molecule has 1 fully saturated rings. The predicted molar refractivity (Wildman–Crippen MR) is 61.3 cm³/mol. The first kappa shape index (κ1) is 10.5. The normalized spacial score (nSPS) is 17.7. The lowest BCUT2D eigenvalue weighted by Crippen LogP contribution is -2.32. The lowest BCUT2D eigenvalue weighted by molar-refractivity contribution is -0.118. The third-order valence-corrected chi connectivity index (χ3v) is 2.72. The number of nitrogens with one attached hydrogen (secondary N) is 1. The summed E-state index contributed by atoms with van der Waals surface area (Å²) in [4.78, 5) is 13.6. The number of hydrogen-bond donors (Lipinski definition) is 1. The van der Waals surface area contributed by atoms with Gasteiger partial charge in [0.05, 0.1) is 0 Å². The molecule has 0 unspecified atom stereocenters. The van der Waals surface area contributed by atoms with Gasteiger partial charge in [-0.3, -0.25) is 4.79 Å². The van der Waals surface area contributed by atoms with Gasteiger partial charge in [0.15, 0.2) is 0 Å². The summed E-state index contributed by atoms with van der Waals surface area (Å²) in [7, 11) is 0. The van der Waals surface area contributed by atoms with Crippen LogP contribution in [-0.2, 0) is 4.79 Å². The number of benzene rings is 1. The fourth-order valence-corrected chi connectivity index (χ4v) is 1.79. The summed E-state index contributed by atoms with van der Waals surface area (Å²) in [5.74, 6) is 0.169. The highest BCUT2D eigenvalue weighted by atomic mass is 35.5. The van der Waals surface area contributed by atoms with Gasteiger partial charge >= 0.3 is 0 Å². The molecule has 0 aromatic heterocycles. The van der Waals surface area contributed by atoms with Gasteiger partial charge in [-0.2, -0.15) is 0 Å². The molecule has 1 saturated heterocycles. The average molecular weight is 225 g/mol. The Bertz CT molecular complexity index is 350. The maximum absolute atomic E-state index is 11.8. The molecule has 2 rings (SSSR count). The first-order chi connectivity index (χ1) is 7.27. The van der Waals surface area contributed by atoms with Crippen LogP contribution in [0.3, 0.4) is 0 Å². The Balaban J connectivity index is 2.20. The number of carbonyl (C=O) groups excluding carboxylic acids is 1. The van der Waals surface area contributed by atoms with E-state index in [1.54, 1.807) is 4.90 Å². The van der Waals surface area contributed by atoms with Crippen LogP contribution in [-0.4, -0.2) is 25.5 Å². The standard InChI is InChI=1S/C11H13ClN2O/c12-9-1-3-10(4-2-9)14-8-7-13-6-5-11(14)15/h1-4,13H,5-8H2. The molecule has 1 amide bonds. The second-order valence-electron chi connectivity index (χ2n) is 3.52. The smallest absolute Gasteiger partial charge is 0.228 e. The number of nitrogens with zero attached hydrogens (tertiary/aromatic N) is 1. The van der Waals surface area contributed by atoms with Crippen LogP contribution in [0.2, 0.25) is 5.02 Å². The van der Waals surface area contributed by atoms with Crippen LogP contribution in [0.5, 0.6) is 0 Å². The van der Waals surface area contributed by atoms with Gasteiger partial charge in [-0.25, -0.2) is 0 Å². The second-order valence-corrected chi connectivity index (χ2v) is 3.96. The van der Waals surface area contributed by atoms with E-state index in [1.807, 2.05) is 24.3 Å². The first-order valence-corrected chi connectivity index (χ1v) is 5.42. The molecule has 1 aromatic rings. The summed E-state index contributed by atoms with van der Waals surface area (Å²) in [6.07, 6.45) is 0.558. The minimum atomic E-state index is 0.169. The van der Waals surface area contributed by atoms with E-state index in [1.165, 1.54) is 0 Å². The molecule has 3 nitrogen and oxygen atoms in total. The number of hydrogen-bond acceptors (Lipinski definition) is 2. The Morgan fingerprint density at radius 2 is 1.93 bits per heavy atom. The molecule has 80 valence electrons. The first-order valence-electron chi connectivity index (χ1n) is 5.04. The van der Waals surface area contributed by atoms with Crippen molar-refractivity contribution in [2.45, 2.75) is 6.42 Å². The van der Waals surface area contributed by atoms with E-state index in [0.29, 0.717) is 11.4 Å². The molecule has 1 heterocycles. The van der Waals surface area contributed by atoms with Crippen molar-refractivity contribution in [3.8, 4) is 0 Å². The van der Waals surface area contributed by atoms with E-state index in [4.69, 9.17) is 11.6 Å². The van der Waals surface area contributed by atoms with Gasteiger partial charge in [-0.15, -0.1) is 0 Å². The lowest BCUT2D eigenvalue weighted by Gasteiger charge is -2.20. The average Bonchev–Trinajstić information content (AvgIpc) is 2.44. The minimum Gasteiger partial charge on any atom is -0.314 e. The molecular weight excluding hydrogens is 212 g/mol. The van der Waals surface area contributed by atoms with Crippen LogP contribution in [0, 0.1) is 0 Å². The molecule has 15 heavy (non-hydrogen) atoms. The molecule has 0 spiro atoms. The van der Waals surface area contributed by atoms with Crippen molar-refractivity contribution in [2.24, 2.45) is 0 Å².